The average molecular weight is 216 g/mol. The lowest BCUT2D eigenvalue weighted by molar-refractivity contribution is -1.05. The van der Waals surface area contributed by atoms with Gasteiger partial charge in [0.25, 0.3) is 0 Å². The number of esters is 1. The van der Waals surface area contributed by atoms with E-state index in [2.05, 4.69) is 11.5 Å². The molecule has 0 radical (unpaired) electrons. The van der Waals surface area contributed by atoms with Crippen molar-refractivity contribution in [3.05, 3.63) is 0 Å². The Morgan fingerprint density at radius 2 is 1.93 bits per heavy atom. The van der Waals surface area contributed by atoms with Crippen LogP contribution in [0.1, 0.15) is 60.3 Å². The highest BCUT2D eigenvalue weighted by molar-refractivity contribution is 5.72. The Kier molecular flexibility index (Phi) is 6.37. The summed E-state index contributed by atoms with van der Waals surface area (Å²) in [5, 5.41) is 10.6. The molecular formula is C12H24O3. The predicted molar refractivity (Wildman–Crippen MR) is 59.2 cm³/mol. The summed E-state index contributed by atoms with van der Waals surface area (Å²) in [7, 11) is 0. The molecule has 1 unspecified atom stereocenters. The van der Waals surface area contributed by atoms with Gasteiger partial charge in [-0.3, -0.25) is 4.58 Å². The van der Waals surface area contributed by atoms with Crippen LogP contribution >= 0.6 is 0 Å². The summed E-state index contributed by atoms with van der Waals surface area (Å²) in [6.45, 7) is 9.93. The van der Waals surface area contributed by atoms with Crippen LogP contribution in [0.2, 0.25) is 0 Å². The zero-order valence-electron chi connectivity index (χ0n) is 10.6. The number of unbranched alkanes of at least 4 members (excludes halogenated alkanes) is 1. The number of hydrogen-bond donors (Lipinski definition) is 0. The van der Waals surface area contributed by atoms with Crippen molar-refractivity contribution in [2.75, 3.05) is 0 Å². The molecule has 0 aromatic rings. The minimum absolute atomic E-state index is 0.127. The van der Waals surface area contributed by atoms with E-state index in [4.69, 9.17) is 4.74 Å². The maximum absolute atomic E-state index is 10.6. The Morgan fingerprint density at radius 3 is 2.27 bits per heavy atom. The molecule has 0 N–H and O–H groups in total. The summed E-state index contributed by atoms with van der Waals surface area (Å²) >= 11 is 0. The van der Waals surface area contributed by atoms with E-state index < -0.39 is 0 Å². The second-order valence-electron chi connectivity index (χ2n) is 4.86. The maximum Gasteiger partial charge on any atom is 0.500 e. The largest absolute Gasteiger partial charge is 0.588 e. The van der Waals surface area contributed by atoms with E-state index >= 15 is 0 Å². The number of rotatable bonds is 5. The molecule has 3 heteroatoms. The Morgan fingerprint density at radius 1 is 1.33 bits per heavy atom. The highest BCUT2D eigenvalue weighted by Crippen LogP contribution is 2.18. The molecule has 0 amide bonds. The first-order chi connectivity index (χ1) is 6.94. The molecule has 3 nitrogen and oxygen atoms in total. The van der Waals surface area contributed by atoms with Gasteiger partial charge in [-0.2, -0.15) is 0 Å². The van der Waals surface area contributed by atoms with E-state index in [0.717, 1.165) is 25.7 Å². The molecule has 90 valence electrons. The molecule has 0 bridgehead atoms. The normalized spacial score (nSPS) is 15.1. The molecule has 1 atom stereocenters. The minimum atomic E-state index is -0.362. The van der Waals surface area contributed by atoms with Crippen LogP contribution in [-0.2, 0) is 9.31 Å². The molecule has 15 heavy (non-hydrogen) atoms. The zero-order valence-corrected chi connectivity index (χ0v) is 10.6. The summed E-state index contributed by atoms with van der Waals surface area (Å²) in [4.78, 5) is 0. The fraction of sp³-hybridized carbons (Fsp3) is 0.917. The monoisotopic (exact) mass is 216 g/mol. The van der Waals surface area contributed by atoms with Gasteiger partial charge in [-0.15, -0.1) is 0 Å². The van der Waals surface area contributed by atoms with Gasteiger partial charge in [0.05, 0.1) is 0 Å². The Bertz CT molecular complexity index is 192. The second-order valence-corrected chi connectivity index (χ2v) is 4.86. The highest BCUT2D eigenvalue weighted by Gasteiger charge is 2.32. The summed E-state index contributed by atoms with van der Waals surface area (Å²) in [5.41, 5.74) is -0.362. The van der Waals surface area contributed by atoms with Crippen LogP contribution in [0.25, 0.3) is 0 Å². The molecule has 0 aliphatic heterocycles. The summed E-state index contributed by atoms with van der Waals surface area (Å²) < 4.78 is 9.64. The molecule has 0 fully saturated rings. The summed E-state index contributed by atoms with van der Waals surface area (Å²) in [6.07, 6.45) is 4.06. The van der Waals surface area contributed by atoms with E-state index in [1.165, 1.54) is 0 Å². The molecule has 0 aromatic carbocycles. The van der Waals surface area contributed by atoms with E-state index in [9.17, 15) is 5.26 Å². The van der Waals surface area contributed by atoms with Crippen molar-refractivity contribution in [3.8, 4) is 0 Å². The van der Waals surface area contributed by atoms with Crippen LogP contribution in [0, 0.1) is 5.92 Å². The zero-order chi connectivity index (χ0) is 11.9. The summed E-state index contributed by atoms with van der Waals surface area (Å²) in [5.74, 6) is 0.375. The van der Waals surface area contributed by atoms with Crippen molar-refractivity contribution in [1.29, 1.82) is 0 Å². The molecule has 0 aliphatic carbocycles. The lowest BCUT2D eigenvalue weighted by atomic mass is 9.99. The van der Waals surface area contributed by atoms with Gasteiger partial charge in [-0.05, 0) is 12.8 Å². The Hall–Kier alpha value is -0.730. The standard InChI is InChI=1S/C12H24O3/c1-6-8-9-10(7-2)11(15-13)14-12(3,4)5/h10H,6-9H2,1-5H3. The fourth-order valence-corrected chi connectivity index (χ4v) is 1.41. The predicted octanol–water partition coefficient (Wildman–Crippen LogP) is 2.36. The topological polar surface area (TPSA) is 43.6 Å². The molecule has 0 heterocycles. The molecule has 0 spiro atoms. The van der Waals surface area contributed by atoms with Crippen molar-refractivity contribution in [2.45, 2.75) is 65.9 Å². The van der Waals surface area contributed by atoms with Crippen molar-refractivity contribution in [3.63, 3.8) is 0 Å². The van der Waals surface area contributed by atoms with Crippen LogP contribution in [0.3, 0.4) is 0 Å². The second kappa shape index (κ2) is 6.70. The smallest absolute Gasteiger partial charge is 0.500 e. The number of ether oxygens (including phenoxy) is 1. The van der Waals surface area contributed by atoms with Crippen LogP contribution in [0.4, 0.5) is 0 Å². The van der Waals surface area contributed by atoms with Crippen LogP contribution in [0.5, 0.6) is 0 Å². The van der Waals surface area contributed by atoms with Gasteiger partial charge in [0.2, 0.25) is 0 Å². The molecule has 0 aromatic heterocycles. The fourth-order valence-electron chi connectivity index (χ4n) is 1.41. The SMILES string of the molecule is CCCCC(CC)C(OC(C)(C)C)=[O+][O-]. The first-order valence-corrected chi connectivity index (χ1v) is 5.80. The first kappa shape index (κ1) is 14.3. The molecule has 0 saturated carbocycles. The van der Waals surface area contributed by atoms with Crippen LogP contribution in [-0.4, -0.2) is 11.6 Å². The van der Waals surface area contributed by atoms with Crippen molar-refractivity contribution < 1.29 is 14.6 Å². The van der Waals surface area contributed by atoms with Gasteiger partial charge >= 0.3 is 5.97 Å². The lowest BCUT2D eigenvalue weighted by Gasteiger charge is -2.16. The van der Waals surface area contributed by atoms with Crippen molar-refractivity contribution in [2.24, 2.45) is 5.92 Å². The third kappa shape index (κ3) is 6.37. The molecule has 0 aliphatic rings. The van der Waals surface area contributed by atoms with Gasteiger partial charge in [0.1, 0.15) is 5.92 Å². The van der Waals surface area contributed by atoms with Crippen molar-refractivity contribution in [1.82, 2.24) is 0 Å². The summed E-state index contributed by atoms with van der Waals surface area (Å²) in [6, 6.07) is 0. The van der Waals surface area contributed by atoms with E-state index in [-0.39, 0.29) is 17.5 Å². The third-order valence-electron chi connectivity index (χ3n) is 2.22. The quantitative estimate of drug-likeness (QED) is 0.306. The number of carbonyl (C=O) groups excluding carboxylic acids is 1. The first-order valence-electron chi connectivity index (χ1n) is 5.80. The van der Waals surface area contributed by atoms with Gasteiger partial charge in [0, 0.05) is 20.8 Å². The maximum atomic E-state index is 10.6. The van der Waals surface area contributed by atoms with Gasteiger partial charge in [0.15, 0.2) is 5.60 Å². The number of hydrogen-bond acceptors (Lipinski definition) is 2. The Balaban J connectivity index is 4.36. The van der Waals surface area contributed by atoms with E-state index in [1.54, 1.807) is 0 Å². The van der Waals surface area contributed by atoms with Crippen LogP contribution < -0.4 is 5.26 Å². The molecule has 0 saturated heterocycles. The van der Waals surface area contributed by atoms with E-state index in [1.807, 2.05) is 27.7 Å². The highest BCUT2D eigenvalue weighted by atomic mass is 17.1. The molecular weight excluding hydrogens is 192 g/mol. The molecule has 0 rings (SSSR count). The minimum Gasteiger partial charge on any atom is -0.588 e. The van der Waals surface area contributed by atoms with Crippen LogP contribution in [0.15, 0.2) is 0 Å². The van der Waals surface area contributed by atoms with Gasteiger partial charge < -0.3 is 9.99 Å². The van der Waals surface area contributed by atoms with Gasteiger partial charge in [-0.1, -0.05) is 26.7 Å². The lowest BCUT2D eigenvalue weighted by Crippen LogP contribution is -2.32. The van der Waals surface area contributed by atoms with Crippen molar-refractivity contribution >= 4 is 5.97 Å². The van der Waals surface area contributed by atoms with Gasteiger partial charge in [-0.25, -0.2) is 0 Å². The van der Waals surface area contributed by atoms with E-state index in [0.29, 0.717) is 0 Å². The average Bonchev–Trinajstić information content (AvgIpc) is 2.15. The Labute approximate surface area is 93.1 Å². The third-order valence-corrected chi connectivity index (χ3v) is 2.22.